The number of nitrogens with two attached hydrogens (primary N) is 1. The van der Waals surface area contributed by atoms with Crippen LogP contribution < -0.4 is 5.73 Å². The summed E-state index contributed by atoms with van der Waals surface area (Å²) in [7, 11) is 5.06. The fourth-order valence-corrected chi connectivity index (χ4v) is 2.16. The molecule has 1 aromatic heterocycles. The van der Waals surface area contributed by atoms with Crippen molar-refractivity contribution in [2.75, 3.05) is 14.2 Å². The van der Waals surface area contributed by atoms with E-state index in [-0.39, 0.29) is 6.04 Å². The molecule has 16 heavy (non-hydrogen) atoms. The van der Waals surface area contributed by atoms with E-state index in [0.717, 1.165) is 15.9 Å². The molecule has 6 heteroatoms. The van der Waals surface area contributed by atoms with Gasteiger partial charge >= 0.3 is 0 Å². The second-order valence-corrected chi connectivity index (χ2v) is 4.47. The Balaban J connectivity index is 2.80. The first-order chi connectivity index (χ1) is 7.51. The molecule has 0 spiro atoms. The molecule has 1 aromatic rings. The van der Waals surface area contributed by atoms with E-state index in [2.05, 4.69) is 21.0 Å². The average Bonchev–Trinajstić information content (AvgIpc) is 2.47. The zero-order chi connectivity index (χ0) is 12.3. The van der Waals surface area contributed by atoms with E-state index in [1.807, 2.05) is 18.7 Å². The first-order valence-corrected chi connectivity index (χ1v) is 5.79. The summed E-state index contributed by atoms with van der Waals surface area (Å²) in [4.78, 5) is 0. The Hall–Kier alpha value is -0.430. The first kappa shape index (κ1) is 13.6. The highest BCUT2D eigenvalue weighted by Crippen LogP contribution is 2.21. The lowest BCUT2D eigenvalue weighted by Gasteiger charge is -2.21. The lowest BCUT2D eigenvalue weighted by Crippen LogP contribution is -2.39. The minimum atomic E-state index is -0.401. The van der Waals surface area contributed by atoms with E-state index in [1.54, 1.807) is 14.2 Å². The quantitative estimate of drug-likeness (QED) is 0.822. The second-order valence-electron chi connectivity index (χ2n) is 3.68. The molecule has 0 saturated heterocycles. The topological polar surface area (TPSA) is 62.3 Å². The maximum Gasteiger partial charge on any atom is 0.172 e. The normalized spacial score (nSPS) is 13.4. The van der Waals surface area contributed by atoms with Gasteiger partial charge in [-0.05, 0) is 22.9 Å². The third kappa shape index (κ3) is 2.82. The predicted octanol–water partition coefficient (Wildman–Crippen LogP) is 0.980. The largest absolute Gasteiger partial charge is 0.354 e. The number of hydrogen-bond acceptors (Lipinski definition) is 4. The Morgan fingerprint density at radius 2 is 2.00 bits per heavy atom. The maximum atomic E-state index is 6.01. The Morgan fingerprint density at radius 1 is 1.44 bits per heavy atom. The summed E-state index contributed by atoms with van der Waals surface area (Å²) in [6.45, 7) is 1.95. The van der Waals surface area contributed by atoms with Crippen molar-refractivity contribution in [3.05, 3.63) is 15.9 Å². The highest BCUT2D eigenvalue weighted by molar-refractivity contribution is 9.10. The van der Waals surface area contributed by atoms with Crippen molar-refractivity contribution in [3.8, 4) is 0 Å². The summed E-state index contributed by atoms with van der Waals surface area (Å²) in [5.41, 5.74) is 8.01. The fraction of sp³-hybridized carbons (Fsp3) is 0.700. The summed E-state index contributed by atoms with van der Waals surface area (Å²) in [6, 6.07) is -0.221. The van der Waals surface area contributed by atoms with Crippen LogP contribution in [0.4, 0.5) is 0 Å². The first-order valence-electron chi connectivity index (χ1n) is 5.00. The SMILES string of the molecule is COC(OC)C(N)Cc1c(Br)c(C)nn1C. The molecule has 1 unspecified atom stereocenters. The molecule has 0 aliphatic rings. The average molecular weight is 292 g/mol. The van der Waals surface area contributed by atoms with Crippen molar-refractivity contribution in [3.63, 3.8) is 0 Å². The van der Waals surface area contributed by atoms with E-state index in [1.165, 1.54) is 0 Å². The molecule has 0 aromatic carbocycles. The van der Waals surface area contributed by atoms with Crippen LogP contribution in [0, 0.1) is 6.92 Å². The number of hydrogen-bond donors (Lipinski definition) is 1. The maximum absolute atomic E-state index is 6.01. The number of nitrogens with zero attached hydrogens (tertiary/aromatic N) is 2. The van der Waals surface area contributed by atoms with Gasteiger partial charge in [0.15, 0.2) is 6.29 Å². The molecule has 5 nitrogen and oxygen atoms in total. The lowest BCUT2D eigenvalue weighted by molar-refractivity contribution is -0.116. The van der Waals surface area contributed by atoms with Gasteiger partial charge in [0.25, 0.3) is 0 Å². The zero-order valence-corrected chi connectivity index (χ0v) is 11.6. The minimum Gasteiger partial charge on any atom is -0.354 e. The van der Waals surface area contributed by atoms with Gasteiger partial charge in [-0.2, -0.15) is 5.10 Å². The van der Waals surface area contributed by atoms with Crippen LogP contribution in [0.25, 0.3) is 0 Å². The van der Waals surface area contributed by atoms with Crippen LogP contribution in [0.3, 0.4) is 0 Å². The van der Waals surface area contributed by atoms with Gasteiger partial charge < -0.3 is 15.2 Å². The van der Waals surface area contributed by atoms with Crippen LogP contribution in [0.5, 0.6) is 0 Å². The predicted molar refractivity (Wildman–Crippen MR) is 65.1 cm³/mol. The highest BCUT2D eigenvalue weighted by Gasteiger charge is 2.21. The van der Waals surface area contributed by atoms with Gasteiger partial charge in [-0.15, -0.1) is 0 Å². The van der Waals surface area contributed by atoms with Gasteiger partial charge in [0, 0.05) is 27.7 Å². The summed E-state index contributed by atoms with van der Waals surface area (Å²) in [5, 5.41) is 4.31. The molecule has 0 amide bonds. The molecule has 0 bridgehead atoms. The molecule has 0 saturated carbocycles. The molecular formula is C10H18BrN3O2. The number of aryl methyl sites for hydroxylation is 2. The van der Waals surface area contributed by atoms with Gasteiger partial charge in [0.05, 0.1) is 21.9 Å². The molecule has 0 fully saturated rings. The number of halogens is 1. The molecule has 0 aliphatic heterocycles. The minimum absolute atomic E-state index is 0.221. The monoisotopic (exact) mass is 291 g/mol. The van der Waals surface area contributed by atoms with Crippen LogP contribution in [-0.2, 0) is 22.9 Å². The zero-order valence-electron chi connectivity index (χ0n) is 10.0. The van der Waals surface area contributed by atoms with E-state index in [9.17, 15) is 0 Å². The standard InChI is InChI=1S/C10H18BrN3O2/c1-6-9(11)8(14(2)13-6)5-7(12)10(15-3)16-4/h7,10H,5,12H2,1-4H3. The molecule has 0 aliphatic carbocycles. The van der Waals surface area contributed by atoms with Crippen molar-refractivity contribution >= 4 is 15.9 Å². The molecule has 1 atom stereocenters. The molecule has 0 radical (unpaired) electrons. The van der Waals surface area contributed by atoms with E-state index in [0.29, 0.717) is 6.42 Å². The van der Waals surface area contributed by atoms with Gasteiger partial charge in [0.2, 0.25) is 0 Å². The highest BCUT2D eigenvalue weighted by atomic mass is 79.9. The van der Waals surface area contributed by atoms with Crippen LogP contribution in [0.15, 0.2) is 4.47 Å². The van der Waals surface area contributed by atoms with E-state index < -0.39 is 6.29 Å². The van der Waals surface area contributed by atoms with Crippen molar-refractivity contribution in [2.24, 2.45) is 12.8 Å². The van der Waals surface area contributed by atoms with E-state index in [4.69, 9.17) is 15.2 Å². The van der Waals surface area contributed by atoms with Gasteiger partial charge in [0.1, 0.15) is 0 Å². The Kier molecular flexibility index (Phi) is 4.91. The number of ether oxygens (including phenoxy) is 2. The second kappa shape index (κ2) is 5.77. The summed E-state index contributed by atoms with van der Waals surface area (Å²) < 4.78 is 13.1. The Morgan fingerprint density at radius 3 is 2.38 bits per heavy atom. The third-order valence-electron chi connectivity index (χ3n) is 2.50. The van der Waals surface area contributed by atoms with E-state index >= 15 is 0 Å². The molecule has 1 rings (SSSR count). The van der Waals surface area contributed by atoms with Crippen molar-refractivity contribution in [1.29, 1.82) is 0 Å². The van der Waals surface area contributed by atoms with Gasteiger partial charge in [-0.3, -0.25) is 4.68 Å². The van der Waals surface area contributed by atoms with Crippen LogP contribution in [0.1, 0.15) is 11.4 Å². The molecular weight excluding hydrogens is 274 g/mol. The van der Waals surface area contributed by atoms with Crippen LogP contribution in [0.2, 0.25) is 0 Å². The van der Waals surface area contributed by atoms with Crippen molar-refractivity contribution in [2.45, 2.75) is 25.7 Å². The lowest BCUT2D eigenvalue weighted by atomic mass is 10.1. The number of methoxy groups -OCH3 is 2. The smallest absolute Gasteiger partial charge is 0.172 e. The summed E-state index contributed by atoms with van der Waals surface area (Å²) in [5.74, 6) is 0. The Bertz CT molecular complexity index is 350. The van der Waals surface area contributed by atoms with Crippen LogP contribution in [-0.4, -0.2) is 36.3 Å². The van der Waals surface area contributed by atoms with Gasteiger partial charge in [-0.25, -0.2) is 0 Å². The number of aromatic nitrogens is 2. The van der Waals surface area contributed by atoms with Gasteiger partial charge in [-0.1, -0.05) is 0 Å². The molecule has 1 heterocycles. The van der Waals surface area contributed by atoms with Crippen molar-refractivity contribution < 1.29 is 9.47 Å². The Labute approximate surface area is 104 Å². The van der Waals surface area contributed by atoms with Crippen molar-refractivity contribution in [1.82, 2.24) is 9.78 Å². The summed E-state index contributed by atoms with van der Waals surface area (Å²) >= 11 is 3.50. The molecule has 2 N–H and O–H groups in total. The molecule has 92 valence electrons. The third-order valence-corrected chi connectivity index (χ3v) is 3.54. The number of rotatable bonds is 5. The fourth-order valence-electron chi connectivity index (χ4n) is 1.67. The summed E-state index contributed by atoms with van der Waals surface area (Å²) in [6.07, 6.45) is 0.242. The van der Waals surface area contributed by atoms with Crippen LogP contribution >= 0.6 is 15.9 Å².